The van der Waals surface area contributed by atoms with Crippen LogP contribution in [0.1, 0.15) is 36.0 Å². The van der Waals surface area contributed by atoms with Gasteiger partial charge in [-0.2, -0.15) is 0 Å². The molecule has 3 N–H and O–H groups in total. The van der Waals surface area contributed by atoms with Crippen molar-refractivity contribution in [1.82, 2.24) is 10.6 Å². The molecule has 0 radical (unpaired) electrons. The number of carbonyl (C=O) groups is 2. The second-order valence-electron chi connectivity index (χ2n) is 9.36. The lowest BCUT2D eigenvalue weighted by Gasteiger charge is -2.29. The number of morpholine rings is 1. The van der Waals surface area contributed by atoms with Crippen molar-refractivity contribution in [3.05, 3.63) is 102 Å². The molecule has 1 saturated heterocycles. The summed E-state index contributed by atoms with van der Waals surface area (Å²) >= 11 is 0. The molecule has 37 heavy (non-hydrogen) atoms. The van der Waals surface area contributed by atoms with Crippen molar-refractivity contribution >= 4 is 17.7 Å². The molecular weight excluding hydrogens is 466 g/mol. The molecule has 0 aliphatic carbocycles. The number of methoxy groups -OCH3 is 1. The molecule has 0 aromatic heterocycles. The number of ether oxygens (including phenoxy) is 2. The Kier molecular flexibility index (Phi) is 9.29. The lowest BCUT2D eigenvalue weighted by Crippen LogP contribution is -2.48. The number of alkyl carbamates (subject to hydrolysis) is 1. The maximum absolute atomic E-state index is 13.8. The van der Waals surface area contributed by atoms with Gasteiger partial charge < -0.3 is 25.4 Å². The van der Waals surface area contributed by atoms with Gasteiger partial charge in [0.15, 0.2) is 0 Å². The lowest BCUT2D eigenvalue weighted by molar-refractivity contribution is -0.118. The molecule has 0 spiro atoms. The average molecular weight is 502 g/mol. The van der Waals surface area contributed by atoms with Crippen molar-refractivity contribution < 1.29 is 19.1 Å². The van der Waals surface area contributed by atoms with Crippen LogP contribution in [0.5, 0.6) is 0 Å². The second-order valence-corrected chi connectivity index (χ2v) is 9.36. The number of para-hydroxylation sites is 1. The van der Waals surface area contributed by atoms with E-state index in [2.05, 4.69) is 22.9 Å². The van der Waals surface area contributed by atoms with Crippen molar-refractivity contribution in [1.29, 1.82) is 0 Å². The van der Waals surface area contributed by atoms with Gasteiger partial charge in [-0.15, -0.1) is 0 Å². The van der Waals surface area contributed by atoms with Crippen molar-refractivity contribution in [3.8, 4) is 0 Å². The SMILES string of the molecule is COC(=O)N[C@H](C(=O)Nc1ccccc1CC[C@@H]1CN[C@H](C)CO1)C(c1ccccc1)c1ccccc1. The largest absolute Gasteiger partial charge is 0.453 e. The third-order valence-electron chi connectivity index (χ3n) is 6.68. The van der Waals surface area contributed by atoms with Crippen LogP contribution in [-0.2, 0) is 20.7 Å². The monoisotopic (exact) mass is 501 g/mol. The Labute approximate surface area is 218 Å². The number of benzene rings is 3. The lowest BCUT2D eigenvalue weighted by atomic mass is 9.84. The smallest absolute Gasteiger partial charge is 0.407 e. The van der Waals surface area contributed by atoms with Gasteiger partial charge >= 0.3 is 6.09 Å². The summed E-state index contributed by atoms with van der Waals surface area (Å²) in [5.41, 5.74) is 3.57. The van der Waals surface area contributed by atoms with E-state index in [1.54, 1.807) is 0 Å². The molecule has 1 heterocycles. The number of carbonyl (C=O) groups excluding carboxylic acids is 2. The molecule has 7 nitrogen and oxygen atoms in total. The molecule has 2 amide bonds. The van der Waals surface area contributed by atoms with Gasteiger partial charge in [-0.05, 0) is 42.5 Å². The first-order chi connectivity index (χ1) is 18.0. The average Bonchev–Trinajstić information content (AvgIpc) is 2.94. The van der Waals surface area contributed by atoms with E-state index < -0.39 is 18.1 Å². The molecule has 3 aromatic carbocycles. The maximum Gasteiger partial charge on any atom is 0.407 e. The van der Waals surface area contributed by atoms with Crippen LogP contribution in [0.2, 0.25) is 0 Å². The van der Waals surface area contributed by atoms with Crippen LogP contribution in [0.3, 0.4) is 0 Å². The van der Waals surface area contributed by atoms with E-state index in [0.717, 1.165) is 41.8 Å². The molecule has 3 aromatic rings. The van der Waals surface area contributed by atoms with Crippen LogP contribution < -0.4 is 16.0 Å². The second kappa shape index (κ2) is 13.0. The summed E-state index contributed by atoms with van der Waals surface area (Å²) in [6.07, 6.45) is 1.07. The van der Waals surface area contributed by atoms with Crippen LogP contribution in [0.4, 0.5) is 10.5 Å². The number of amides is 2. The van der Waals surface area contributed by atoms with Gasteiger partial charge in [0.2, 0.25) is 5.91 Å². The Morgan fingerprint density at radius 1 is 0.973 bits per heavy atom. The number of hydrogen-bond acceptors (Lipinski definition) is 5. The number of rotatable bonds is 9. The van der Waals surface area contributed by atoms with Crippen LogP contribution >= 0.6 is 0 Å². The van der Waals surface area contributed by atoms with E-state index in [1.165, 1.54) is 7.11 Å². The fourth-order valence-corrected chi connectivity index (χ4v) is 4.69. The van der Waals surface area contributed by atoms with E-state index in [0.29, 0.717) is 12.6 Å². The minimum absolute atomic E-state index is 0.134. The van der Waals surface area contributed by atoms with Crippen molar-refractivity contribution in [3.63, 3.8) is 0 Å². The van der Waals surface area contributed by atoms with E-state index in [1.807, 2.05) is 84.9 Å². The highest BCUT2D eigenvalue weighted by Gasteiger charge is 2.33. The Hall–Kier alpha value is -3.68. The highest BCUT2D eigenvalue weighted by molar-refractivity contribution is 5.98. The number of hydrogen-bond donors (Lipinski definition) is 3. The van der Waals surface area contributed by atoms with Gasteiger partial charge in [0, 0.05) is 24.2 Å². The molecule has 1 fully saturated rings. The first-order valence-electron chi connectivity index (χ1n) is 12.7. The normalized spacial score (nSPS) is 18.1. The van der Waals surface area contributed by atoms with Crippen LogP contribution in [0.15, 0.2) is 84.9 Å². The van der Waals surface area contributed by atoms with E-state index >= 15 is 0 Å². The predicted octanol–water partition coefficient (Wildman–Crippen LogP) is 4.49. The summed E-state index contributed by atoms with van der Waals surface area (Å²) in [5, 5.41) is 9.33. The Morgan fingerprint density at radius 2 is 1.59 bits per heavy atom. The molecule has 3 atom stereocenters. The Morgan fingerprint density at radius 3 is 2.19 bits per heavy atom. The maximum atomic E-state index is 13.8. The van der Waals surface area contributed by atoms with Gasteiger partial charge in [-0.25, -0.2) is 4.79 Å². The summed E-state index contributed by atoms with van der Waals surface area (Å²) in [7, 11) is 1.29. The number of anilines is 1. The quantitative estimate of drug-likeness (QED) is 0.402. The Balaban J connectivity index is 1.58. The third-order valence-corrected chi connectivity index (χ3v) is 6.68. The fraction of sp³-hybridized carbons (Fsp3) is 0.333. The molecule has 0 unspecified atom stereocenters. The molecule has 7 heteroatoms. The van der Waals surface area contributed by atoms with Crippen LogP contribution in [0.25, 0.3) is 0 Å². The molecule has 4 rings (SSSR count). The zero-order valence-corrected chi connectivity index (χ0v) is 21.4. The third kappa shape index (κ3) is 7.18. The number of aryl methyl sites for hydroxylation is 1. The molecule has 0 bridgehead atoms. The summed E-state index contributed by atoms with van der Waals surface area (Å²) in [6.45, 7) is 3.62. The van der Waals surface area contributed by atoms with Crippen LogP contribution in [-0.4, -0.2) is 50.4 Å². The summed E-state index contributed by atoms with van der Waals surface area (Å²) in [5.74, 6) is -0.739. The number of nitrogens with one attached hydrogen (secondary N) is 3. The molecule has 1 aliphatic rings. The Bertz CT molecular complexity index is 1110. The summed E-state index contributed by atoms with van der Waals surface area (Å²) in [6, 6.07) is 26.6. The standard InChI is InChI=1S/C30H35N3O4/c1-21-20-37-25(19-31-21)18-17-22-11-9-10-16-26(22)32-29(34)28(33-30(35)36-2)27(23-12-5-3-6-13-23)24-14-7-4-8-15-24/h3-16,21,25,27-28,31H,17-20H2,1-2H3,(H,32,34)(H,33,35)/t21-,25-,28+/m1/s1. The predicted molar refractivity (Wildman–Crippen MR) is 145 cm³/mol. The molecule has 0 saturated carbocycles. The minimum Gasteiger partial charge on any atom is -0.453 e. The first-order valence-corrected chi connectivity index (χ1v) is 12.7. The highest BCUT2D eigenvalue weighted by atomic mass is 16.5. The molecule has 1 aliphatic heterocycles. The molecule has 194 valence electrons. The summed E-state index contributed by atoms with van der Waals surface area (Å²) in [4.78, 5) is 26.2. The van der Waals surface area contributed by atoms with E-state index in [4.69, 9.17) is 9.47 Å². The molecular formula is C30H35N3O4. The fourth-order valence-electron chi connectivity index (χ4n) is 4.69. The van der Waals surface area contributed by atoms with Crippen molar-refractivity contribution in [2.75, 3.05) is 25.6 Å². The van der Waals surface area contributed by atoms with Gasteiger partial charge in [0.1, 0.15) is 6.04 Å². The minimum atomic E-state index is -0.905. The highest BCUT2D eigenvalue weighted by Crippen LogP contribution is 2.30. The van der Waals surface area contributed by atoms with Gasteiger partial charge in [0.05, 0.1) is 19.8 Å². The zero-order chi connectivity index (χ0) is 26.0. The van der Waals surface area contributed by atoms with Crippen molar-refractivity contribution in [2.24, 2.45) is 0 Å². The van der Waals surface area contributed by atoms with Gasteiger partial charge in [-0.1, -0.05) is 78.9 Å². The van der Waals surface area contributed by atoms with E-state index in [-0.39, 0.29) is 12.0 Å². The summed E-state index contributed by atoms with van der Waals surface area (Å²) < 4.78 is 10.8. The van der Waals surface area contributed by atoms with Crippen molar-refractivity contribution in [2.45, 2.75) is 43.9 Å². The van der Waals surface area contributed by atoms with Gasteiger partial charge in [0.25, 0.3) is 0 Å². The topological polar surface area (TPSA) is 88.7 Å². The van der Waals surface area contributed by atoms with E-state index in [9.17, 15) is 9.59 Å². The first kappa shape index (κ1) is 26.4. The van der Waals surface area contributed by atoms with Gasteiger partial charge in [-0.3, -0.25) is 4.79 Å². The van der Waals surface area contributed by atoms with Crippen LogP contribution in [0, 0.1) is 0 Å². The zero-order valence-electron chi connectivity index (χ0n) is 21.4.